The van der Waals surface area contributed by atoms with Gasteiger partial charge in [0.05, 0.1) is 16.2 Å². The normalized spacial score (nSPS) is 14.1. The third kappa shape index (κ3) is 4.26. The number of anilines is 1. The number of amides is 1. The summed E-state index contributed by atoms with van der Waals surface area (Å²) in [4.78, 5) is 26.6. The van der Waals surface area contributed by atoms with Crippen molar-refractivity contribution in [2.45, 2.75) is 25.7 Å². The highest BCUT2D eigenvalue weighted by Crippen LogP contribution is 2.34. The van der Waals surface area contributed by atoms with Gasteiger partial charge in [-0.15, -0.1) is 0 Å². The molecule has 1 saturated carbocycles. The highest BCUT2D eigenvalue weighted by atomic mass is 35.5. The molecule has 4 aromatic rings. The number of nitrogens with zero attached hydrogens (tertiary/aromatic N) is 5. The van der Waals surface area contributed by atoms with Gasteiger partial charge in [0, 0.05) is 36.9 Å². The Morgan fingerprint density at radius 2 is 2.03 bits per heavy atom. The topological polar surface area (TPSA) is 112 Å². The average molecular weight is 462 g/mol. The number of carbonyl (C=O) groups excluding carboxylic acids is 1. The van der Waals surface area contributed by atoms with E-state index in [1.54, 1.807) is 16.9 Å². The molecule has 3 N–H and O–H groups in total. The molecular weight excluding hydrogens is 438 g/mol. The minimum Gasteiger partial charge on any atom is -0.382 e. The number of aromatic nitrogens is 5. The molecule has 3 aromatic heterocycles. The number of carbonyl (C=O) groups is 1. The minimum atomic E-state index is -0.325. The Hall–Kier alpha value is -3.52. The zero-order chi connectivity index (χ0) is 22.9. The standard InChI is InChI=1S/C24H24ClN7O/c1-32-10-8-18(31-32)21-20(16-11-15-7-4-9-27-19(15)17(25)12-16)29-22(23(26)30-21)24(33)28-13-14-5-2-3-6-14/h4,7-12,14H,2-3,5-6,13H2,1H3,(H2,26,30)(H,28,33). The summed E-state index contributed by atoms with van der Waals surface area (Å²) in [6, 6.07) is 9.32. The van der Waals surface area contributed by atoms with Crippen LogP contribution in [0, 0.1) is 5.92 Å². The molecule has 0 aliphatic heterocycles. The lowest BCUT2D eigenvalue weighted by Gasteiger charge is -2.14. The zero-order valence-corrected chi connectivity index (χ0v) is 19.0. The number of halogens is 1. The highest BCUT2D eigenvalue weighted by Gasteiger charge is 2.23. The predicted octanol–water partition coefficient (Wildman–Crippen LogP) is 4.25. The first-order valence-corrected chi connectivity index (χ1v) is 11.4. The van der Waals surface area contributed by atoms with Crippen molar-refractivity contribution in [2.24, 2.45) is 13.0 Å². The van der Waals surface area contributed by atoms with Gasteiger partial charge < -0.3 is 11.1 Å². The molecule has 0 unspecified atom stereocenters. The number of hydrogen-bond acceptors (Lipinski definition) is 6. The SMILES string of the molecule is Cn1ccc(-c2nc(N)c(C(=O)NCC3CCCC3)nc2-c2cc(Cl)c3ncccc3c2)n1. The number of fused-ring (bicyclic) bond motifs is 1. The first kappa shape index (κ1) is 21.3. The van der Waals surface area contributed by atoms with Crippen LogP contribution in [0.4, 0.5) is 5.82 Å². The average Bonchev–Trinajstić information content (AvgIpc) is 3.49. The van der Waals surface area contributed by atoms with Gasteiger partial charge in [0.25, 0.3) is 5.91 Å². The van der Waals surface area contributed by atoms with Crippen LogP contribution in [0.3, 0.4) is 0 Å². The Labute approximate surface area is 196 Å². The number of rotatable bonds is 5. The molecule has 3 heterocycles. The van der Waals surface area contributed by atoms with Crippen molar-refractivity contribution in [2.75, 3.05) is 12.3 Å². The van der Waals surface area contributed by atoms with E-state index in [1.807, 2.05) is 37.5 Å². The van der Waals surface area contributed by atoms with Crippen molar-refractivity contribution in [3.05, 3.63) is 53.4 Å². The van der Waals surface area contributed by atoms with Gasteiger partial charge in [-0.05, 0) is 43.0 Å². The van der Waals surface area contributed by atoms with Crippen molar-refractivity contribution < 1.29 is 4.79 Å². The Bertz CT molecular complexity index is 1340. The van der Waals surface area contributed by atoms with Gasteiger partial charge in [-0.1, -0.05) is 30.5 Å². The van der Waals surface area contributed by atoms with Crippen molar-refractivity contribution in [1.29, 1.82) is 0 Å². The van der Waals surface area contributed by atoms with Gasteiger partial charge in [0.2, 0.25) is 0 Å². The number of benzene rings is 1. The van der Waals surface area contributed by atoms with Crippen LogP contribution in [0.15, 0.2) is 42.7 Å². The number of pyridine rings is 1. The second-order valence-corrected chi connectivity index (χ2v) is 8.83. The molecule has 168 valence electrons. The van der Waals surface area contributed by atoms with Crippen LogP contribution in [-0.2, 0) is 7.05 Å². The molecule has 8 nitrogen and oxygen atoms in total. The Morgan fingerprint density at radius 3 is 2.79 bits per heavy atom. The molecule has 5 rings (SSSR count). The third-order valence-corrected chi connectivity index (χ3v) is 6.34. The molecule has 33 heavy (non-hydrogen) atoms. The second kappa shape index (κ2) is 8.78. The first-order chi connectivity index (χ1) is 16.0. The number of nitrogens with two attached hydrogens (primary N) is 1. The maximum Gasteiger partial charge on any atom is 0.273 e. The third-order valence-electron chi connectivity index (χ3n) is 6.05. The molecular formula is C24H24ClN7O. The van der Waals surface area contributed by atoms with E-state index in [-0.39, 0.29) is 17.4 Å². The predicted molar refractivity (Wildman–Crippen MR) is 129 cm³/mol. The van der Waals surface area contributed by atoms with Crippen LogP contribution in [0.1, 0.15) is 36.2 Å². The maximum atomic E-state index is 13.0. The summed E-state index contributed by atoms with van der Waals surface area (Å²) >= 11 is 6.54. The Kier molecular flexibility index (Phi) is 5.68. The van der Waals surface area contributed by atoms with E-state index in [0.717, 1.165) is 18.2 Å². The summed E-state index contributed by atoms with van der Waals surface area (Å²) in [6.07, 6.45) is 8.20. The van der Waals surface area contributed by atoms with Gasteiger partial charge >= 0.3 is 0 Å². The van der Waals surface area contributed by atoms with E-state index < -0.39 is 0 Å². The molecule has 1 fully saturated rings. The molecule has 0 radical (unpaired) electrons. The molecule has 0 spiro atoms. The summed E-state index contributed by atoms with van der Waals surface area (Å²) < 4.78 is 1.68. The molecule has 1 aliphatic carbocycles. The number of aryl methyl sites for hydroxylation is 1. The van der Waals surface area contributed by atoms with E-state index in [2.05, 4.69) is 20.4 Å². The molecule has 0 bridgehead atoms. The van der Waals surface area contributed by atoms with Gasteiger partial charge in [-0.25, -0.2) is 9.97 Å². The summed E-state index contributed by atoms with van der Waals surface area (Å²) in [7, 11) is 1.82. The van der Waals surface area contributed by atoms with Crippen molar-refractivity contribution in [3.63, 3.8) is 0 Å². The van der Waals surface area contributed by atoms with Crippen LogP contribution in [0.5, 0.6) is 0 Å². The lowest BCUT2D eigenvalue weighted by Crippen LogP contribution is -2.30. The molecule has 1 amide bonds. The van der Waals surface area contributed by atoms with Crippen LogP contribution >= 0.6 is 11.6 Å². The molecule has 1 aromatic carbocycles. The van der Waals surface area contributed by atoms with Crippen LogP contribution in [0.2, 0.25) is 5.02 Å². The van der Waals surface area contributed by atoms with Crippen molar-refractivity contribution in [3.8, 4) is 22.6 Å². The van der Waals surface area contributed by atoms with Gasteiger partial charge in [-0.2, -0.15) is 5.10 Å². The summed E-state index contributed by atoms with van der Waals surface area (Å²) in [5.41, 5.74) is 9.29. The summed E-state index contributed by atoms with van der Waals surface area (Å²) in [5.74, 6) is 0.244. The number of nitrogens with one attached hydrogen (secondary N) is 1. The van der Waals surface area contributed by atoms with E-state index >= 15 is 0 Å². The van der Waals surface area contributed by atoms with Gasteiger partial charge in [0.1, 0.15) is 11.4 Å². The second-order valence-electron chi connectivity index (χ2n) is 8.42. The van der Waals surface area contributed by atoms with E-state index in [0.29, 0.717) is 45.6 Å². The van der Waals surface area contributed by atoms with Crippen LogP contribution in [-0.4, -0.2) is 37.2 Å². The lowest BCUT2D eigenvalue weighted by atomic mass is 10.0. The fourth-order valence-electron chi connectivity index (χ4n) is 4.36. The molecule has 0 saturated heterocycles. The monoisotopic (exact) mass is 461 g/mol. The van der Waals surface area contributed by atoms with Gasteiger partial charge in [0.15, 0.2) is 11.5 Å². The van der Waals surface area contributed by atoms with E-state index in [1.165, 1.54) is 12.8 Å². The van der Waals surface area contributed by atoms with E-state index in [4.69, 9.17) is 22.3 Å². The first-order valence-electron chi connectivity index (χ1n) is 11.0. The fraction of sp³-hybridized carbons (Fsp3) is 0.292. The van der Waals surface area contributed by atoms with E-state index in [9.17, 15) is 4.79 Å². The van der Waals surface area contributed by atoms with Gasteiger partial charge in [-0.3, -0.25) is 14.5 Å². The summed E-state index contributed by atoms with van der Waals surface area (Å²) in [5, 5.41) is 8.80. The van der Waals surface area contributed by atoms with Crippen molar-refractivity contribution >= 4 is 34.2 Å². The summed E-state index contributed by atoms with van der Waals surface area (Å²) in [6.45, 7) is 0.616. The number of hydrogen-bond donors (Lipinski definition) is 2. The zero-order valence-electron chi connectivity index (χ0n) is 18.3. The molecule has 0 atom stereocenters. The minimum absolute atomic E-state index is 0.0666. The quantitative estimate of drug-likeness (QED) is 0.459. The molecule has 1 aliphatic rings. The maximum absolute atomic E-state index is 13.0. The Morgan fingerprint density at radius 1 is 1.21 bits per heavy atom. The number of nitrogen functional groups attached to an aromatic ring is 1. The lowest BCUT2D eigenvalue weighted by molar-refractivity contribution is 0.0943. The van der Waals surface area contributed by atoms with Crippen molar-refractivity contribution in [1.82, 2.24) is 30.0 Å². The molecule has 9 heteroatoms. The largest absolute Gasteiger partial charge is 0.382 e. The highest BCUT2D eigenvalue weighted by molar-refractivity contribution is 6.35. The smallest absolute Gasteiger partial charge is 0.273 e. The Balaban J connectivity index is 1.61. The van der Waals surface area contributed by atoms with Crippen LogP contribution in [0.25, 0.3) is 33.5 Å². The fourth-order valence-corrected chi connectivity index (χ4v) is 4.63. The van der Waals surface area contributed by atoms with Crippen LogP contribution < -0.4 is 11.1 Å².